The zero-order chi connectivity index (χ0) is 15.1. The van der Waals surface area contributed by atoms with E-state index in [4.69, 9.17) is 11.0 Å². The van der Waals surface area contributed by atoms with Gasteiger partial charge < -0.3 is 5.73 Å². The van der Waals surface area contributed by atoms with Crippen LogP contribution < -0.4 is 11.2 Å². The maximum atomic E-state index is 11.4. The zero-order valence-corrected chi connectivity index (χ0v) is 11.3. The molecule has 21 heavy (non-hydrogen) atoms. The molecule has 0 atom stereocenters. The largest absolute Gasteiger partial charge is 0.399 e. The fraction of sp³-hybridized carbons (Fsp3) is 0.0625. The van der Waals surface area contributed by atoms with Gasteiger partial charge in [-0.25, -0.2) is 5.43 Å². The molecular weight excluding hydrogens is 264 g/mol. The molecule has 2 aromatic carbocycles. The molecule has 0 saturated carbocycles. The Labute approximate surface area is 122 Å². The highest BCUT2D eigenvalue weighted by Crippen LogP contribution is 2.12. The molecule has 0 aliphatic carbocycles. The minimum atomic E-state index is -0.443. The number of carbonyl (C=O) groups excluding carboxylic acids is 1. The van der Waals surface area contributed by atoms with Crippen molar-refractivity contribution in [3.05, 3.63) is 65.7 Å². The highest BCUT2D eigenvalue weighted by atomic mass is 16.2. The summed E-state index contributed by atoms with van der Waals surface area (Å²) in [6.07, 6.45) is -0.229. The Morgan fingerprint density at radius 2 is 1.71 bits per heavy atom. The Morgan fingerprint density at radius 1 is 1.10 bits per heavy atom. The van der Waals surface area contributed by atoms with Gasteiger partial charge >= 0.3 is 0 Å². The third-order valence-electron chi connectivity index (χ3n) is 2.76. The van der Waals surface area contributed by atoms with Crippen molar-refractivity contribution >= 4 is 17.3 Å². The molecule has 0 aromatic heterocycles. The predicted octanol–water partition coefficient (Wildman–Crippen LogP) is 2.05. The van der Waals surface area contributed by atoms with Crippen molar-refractivity contribution in [3.8, 4) is 6.07 Å². The summed E-state index contributed by atoms with van der Waals surface area (Å²) in [6.45, 7) is 0. The van der Waals surface area contributed by atoms with Gasteiger partial charge in [0, 0.05) is 16.8 Å². The first-order chi connectivity index (χ1) is 10.2. The molecule has 104 valence electrons. The molecule has 0 radical (unpaired) electrons. The van der Waals surface area contributed by atoms with Gasteiger partial charge in [-0.3, -0.25) is 4.79 Å². The molecule has 0 unspecified atom stereocenters. The molecule has 0 saturated heterocycles. The molecule has 1 amide bonds. The third kappa shape index (κ3) is 3.91. The summed E-state index contributed by atoms with van der Waals surface area (Å²) in [7, 11) is 0. The monoisotopic (exact) mass is 278 g/mol. The molecule has 2 rings (SSSR count). The standard InChI is InChI=1S/C16H14N4O/c17-11-10-15(21)19-20-16(12-4-2-1-3-5-12)13-6-8-14(18)9-7-13/h1-9H,10,18H2,(H,19,21)/b20-16+. The van der Waals surface area contributed by atoms with E-state index in [0.717, 1.165) is 11.1 Å². The van der Waals surface area contributed by atoms with Crippen LogP contribution in [0.5, 0.6) is 0 Å². The highest BCUT2D eigenvalue weighted by Gasteiger charge is 2.08. The van der Waals surface area contributed by atoms with Crippen molar-refractivity contribution in [3.63, 3.8) is 0 Å². The molecule has 0 fully saturated rings. The molecule has 0 spiro atoms. The van der Waals surface area contributed by atoms with Gasteiger partial charge in [0.25, 0.3) is 5.91 Å². The Hall–Kier alpha value is -3.13. The number of hydrazone groups is 1. The summed E-state index contributed by atoms with van der Waals surface area (Å²) in [5.41, 5.74) is 11.0. The van der Waals surface area contributed by atoms with Crippen LogP contribution in [-0.2, 0) is 4.79 Å². The molecule has 2 aromatic rings. The van der Waals surface area contributed by atoms with E-state index >= 15 is 0 Å². The van der Waals surface area contributed by atoms with Crippen molar-refractivity contribution in [1.29, 1.82) is 5.26 Å². The van der Waals surface area contributed by atoms with Gasteiger partial charge in [0.15, 0.2) is 0 Å². The number of rotatable bonds is 4. The van der Waals surface area contributed by atoms with Gasteiger partial charge in [-0.15, -0.1) is 0 Å². The van der Waals surface area contributed by atoms with E-state index < -0.39 is 5.91 Å². The summed E-state index contributed by atoms with van der Waals surface area (Å²) < 4.78 is 0. The van der Waals surface area contributed by atoms with Crippen molar-refractivity contribution < 1.29 is 4.79 Å². The van der Waals surface area contributed by atoms with Crippen molar-refractivity contribution in [2.75, 3.05) is 5.73 Å². The van der Waals surface area contributed by atoms with Crippen LogP contribution in [0.3, 0.4) is 0 Å². The van der Waals surface area contributed by atoms with E-state index in [1.807, 2.05) is 42.5 Å². The summed E-state index contributed by atoms with van der Waals surface area (Å²) >= 11 is 0. The SMILES string of the molecule is N#CCC(=O)N/N=C(\c1ccccc1)c1ccc(N)cc1. The Balaban J connectivity index is 2.36. The van der Waals surface area contributed by atoms with Gasteiger partial charge in [0.2, 0.25) is 0 Å². The molecule has 0 heterocycles. The normalized spacial score (nSPS) is 10.7. The molecular formula is C16H14N4O. The lowest BCUT2D eigenvalue weighted by Gasteiger charge is -2.08. The third-order valence-corrected chi connectivity index (χ3v) is 2.76. The number of anilines is 1. The van der Waals surface area contributed by atoms with Crippen LogP contribution in [0.15, 0.2) is 59.7 Å². The lowest BCUT2D eigenvalue weighted by Crippen LogP contribution is -2.19. The Morgan fingerprint density at radius 3 is 2.33 bits per heavy atom. The van der Waals surface area contributed by atoms with E-state index in [1.165, 1.54) is 0 Å². The first-order valence-corrected chi connectivity index (χ1v) is 6.35. The summed E-state index contributed by atoms with van der Waals surface area (Å²) in [4.78, 5) is 11.4. The molecule has 0 aliphatic rings. The quantitative estimate of drug-likeness (QED) is 0.509. The number of nitrogen functional groups attached to an aromatic ring is 1. The minimum Gasteiger partial charge on any atom is -0.399 e. The van der Waals surface area contributed by atoms with Crippen LogP contribution in [0, 0.1) is 11.3 Å². The van der Waals surface area contributed by atoms with E-state index in [2.05, 4.69) is 10.5 Å². The molecule has 5 nitrogen and oxygen atoms in total. The second-order valence-electron chi connectivity index (χ2n) is 4.32. The Bertz CT molecular complexity index is 684. The van der Waals surface area contributed by atoms with Gasteiger partial charge in [0.1, 0.15) is 6.42 Å². The van der Waals surface area contributed by atoms with E-state index in [0.29, 0.717) is 11.4 Å². The van der Waals surface area contributed by atoms with Crippen LogP contribution in [0.1, 0.15) is 17.5 Å². The highest BCUT2D eigenvalue weighted by molar-refractivity contribution is 6.13. The number of nitriles is 1. The number of nitrogens with one attached hydrogen (secondary N) is 1. The fourth-order valence-corrected chi connectivity index (χ4v) is 1.76. The summed E-state index contributed by atoms with van der Waals surface area (Å²) in [5.74, 6) is -0.443. The van der Waals surface area contributed by atoms with Crippen LogP contribution >= 0.6 is 0 Å². The van der Waals surface area contributed by atoms with E-state index in [9.17, 15) is 4.79 Å². The number of benzene rings is 2. The van der Waals surface area contributed by atoms with Gasteiger partial charge in [-0.1, -0.05) is 42.5 Å². The second kappa shape index (κ2) is 6.87. The number of amides is 1. The average Bonchev–Trinajstić information content (AvgIpc) is 2.50. The predicted molar refractivity (Wildman–Crippen MR) is 81.3 cm³/mol. The fourth-order valence-electron chi connectivity index (χ4n) is 1.76. The summed E-state index contributed by atoms with van der Waals surface area (Å²) in [6, 6.07) is 18.4. The maximum absolute atomic E-state index is 11.4. The van der Waals surface area contributed by atoms with Gasteiger partial charge in [-0.05, 0) is 12.1 Å². The molecule has 3 N–H and O–H groups in total. The van der Waals surface area contributed by atoms with E-state index in [1.54, 1.807) is 18.2 Å². The van der Waals surface area contributed by atoms with Crippen LogP contribution in [0.2, 0.25) is 0 Å². The maximum Gasteiger partial charge on any atom is 0.254 e. The topological polar surface area (TPSA) is 91.3 Å². The van der Waals surface area contributed by atoms with Gasteiger partial charge in [-0.2, -0.15) is 10.4 Å². The van der Waals surface area contributed by atoms with Crippen LogP contribution in [0.4, 0.5) is 5.69 Å². The number of hydrogen-bond donors (Lipinski definition) is 2. The van der Waals surface area contributed by atoms with Crippen molar-refractivity contribution in [2.45, 2.75) is 6.42 Å². The molecule has 5 heteroatoms. The van der Waals surface area contributed by atoms with Crippen molar-refractivity contribution in [1.82, 2.24) is 5.43 Å². The molecule has 0 bridgehead atoms. The van der Waals surface area contributed by atoms with Crippen LogP contribution in [0.25, 0.3) is 0 Å². The second-order valence-corrected chi connectivity index (χ2v) is 4.32. The minimum absolute atomic E-state index is 0.229. The number of nitrogens with zero attached hydrogens (tertiary/aromatic N) is 2. The average molecular weight is 278 g/mol. The first-order valence-electron chi connectivity index (χ1n) is 6.35. The zero-order valence-electron chi connectivity index (χ0n) is 11.3. The Kier molecular flexibility index (Phi) is 4.67. The van der Waals surface area contributed by atoms with Crippen molar-refractivity contribution in [2.24, 2.45) is 5.10 Å². The lowest BCUT2D eigenvalue weighted by atomic mass is 10.0. The first kappa shape index (κ1) is 14.3. The van der Waals surface area contributed by atoms with Crippen LogP contribution in [-0.4, -0.2) is 11.6 Å². The lowest BCUT2D eigenvalue weighted by molar-refractivity contribution is -0.120. The molecule has 0 aliphatic heterocycles. The number of nitrogens with two attached hydrogens (primary N) is 1. The smallest absolute Gasteiger partial charge is 0.254 e. The van der Waals surface area contributed by atoms with Gasteiger partial charge in [0.05, 0.1) is 11.8 Å². The van der Waals surface area contributed by atoms with E-state index in [-0.39, 0.29) is 6.42 Å². The summed E-state index contributed by atoms with van der Waals surface area (Å²) in [5, 5.41) is 12.6. The number of hydrogen-bond acceptors (Lipinski definition) is 4. The number of carbonyl (C=O) groups is 1.